The quantitative estimate of drug-likeness (QED) is 0.791. The minimum atomic E-state index is -3.82. The molecule has 1 aliphatic heterocycles. The van der Waals surface area contributed by atoms with Gasteiger partial charge in [-0.1, -0.05) is 39.8 Å². The van der Waals surface area contributed by atoms with Crippen molar-refractivity contribution in [1.29, 1.82) is 0 Å². The highest BCUT2D eigenvalue weighted by Gasteiger charge is 2.34. The molecule has 2 heterocycles. The molecular formula is C22H29N3O4S. The Balaban J connectivity index is 1.99. The Kier molecular flexibility index (Phi) is 5.82. The molecule has 1 aromatic carbocycles. The summed E-state index contributed by atoms with van der Waals surface area (Å²) in [4.78, 5) is 17.1. The molecule has 7 nitrogen and oxygen atoms in total. The lowest BCUT2D eigenvalue weighted by atomic mass is 9.81. The summed E-state index contributed by atoms with van der Waals surface area (Å²) in [7, 11) is -3.82. The van der Waals surface area contributed by atoms with E-state index in [1.54, 1.807) is 31.2 Å². The molecule has 2 aromatic rings. The minimum Gasteiger partial charge on any atom is -0.471 e. The number of anilines is 2. The monoisotopic (exact) mass is 431 g/mol. The van der Waals surface area contributed by atoms with Gasteiger partial charge in [0.15, 0.2) is 0 Å². The first-order valence-electron chi connectivity index (χ1n) is 9.96. The van der Waals surface area contributed by atoms with Gasteiger partial charge in [0.2, 0.25) is 11.8 Å². The molecule has 0 spiro atoms. The lowest BCUT2D eigenvalue weighted by Crippen LogP contribution is -2.42. The topological polar surface area (TPSA) is 88.6 Å². The number of fused-ring (bicyclic) bond motifs is 1. The molecule has 0 radical (unpaired) electrons. The number of ether oxygens (including phenoxy) is 1. The lowest BCUT2D eigenvalue weighted by molar-refractivity contribution is -0.122. The van der Waals surface area contributed by atoms with Gasteiger partial charge in [0, 0.05) is 5.92 Å². The first-order valence-corrected chi connectivity index (χ1v) is 11.4. The van der Waals surface area contributed by atoms with Crippen molar-refractivity contribution in [1.82, 2.24) is 4.98 Å². The predicted molar refractivity (Wildman–Crippen MR) is 117 cm³/mol. The summed E-state index contributed by atoms with van der Waals surface area (Å²) in [6.07, 6.45) is 1.13. The van der Waals surface area contributed by atoms with Crippen molar-refractivity contribution in [3.05, 3.63) is 42.1 Å². The average molecular weight is 432 g/mol. The zero-order valence-electron chi connectivity index (χ0n) is 18.3. The largest absolute Gasteiger partial charge is 0.471 e. The third-order valence-corrected chi connectivity index (χ3v) is 7.15. The number of rotatable bonds is 4. The number of aromatic nitrogens is 1. The van der Waals surface area contributed by atoms with Gasteiger partial charge in [-0.05, 0) is 43.0 Å². The Hall–Kier alpha value is -2.61. The van der Waals surface area contributed by atoms with E-state index in [4.69, 9.17) is 4.74 Å². The van der Waals surface area contributed by atoms with Gasteiger partial charge in [0.05, 0.1) is 23.3 Å². The number of sulfonamides is 1. The summed E-state index contributed by atoms with van der Waals surface area (Å²) in [5, 5.41) is 2.85. The average Bonchev–Trinajstić information content (AvgIpc) is 2.66. The number of benzene rings is 1. The zero-order valence-corrected chi connectivity index (χ0v) is 19.1. The normalized spacial score (nSPS) is 17.7. The predicted octanol–water partition coefficient (Wildman–Crippen LogP) is 3.99. The molecule has 0 fully saturated rings. The number of pyridine rings is 1. The Morgan fingerprint density at radius 3 is 2.63 bits per heavy atom. The number of nitrogens with zero attached hydrogens (tertiary/aromatic N) is 2. The molecule has 30 heavy (non-hydrogen) atoms. The van der Waals surface area contributed by atoms with E-state index in [0.717, 1.165) is 5.56 Å². The van der Waals surface area contributed by atoms with Gasteiger partial charge >= 0.3 is 0 Å². The first kappa shape index (κ1) is 22.1. The van der Waals surface area contributed by atoms with Crippen molar-refractivity contribution in [3.8, 4) is 5.88 Å². The fourth-order valence-electron chi connectivity index (χ4n) is 3.11. The highest BCUT2D eigenvalue weighted by Crippen LogP contribution is 2.37. The fourth-order valence-corrected chi connectivity index (χ4v) is 4.75. The van der Waals surface area contributed by atoms with E-state index >= 15 is 0 Å². The summed E-state index contributed by atoms with van der Waals surface area (Å²) in [6.45, 7) is 11.6. The van der Waals surface area contributed by atoms with Gasteiger partial charge in [-0.25, -0.2) is 13.4 Å². The minimum absolute atomic E-state index is 0.151. The summed E-state index contributed by atoms with van der Waals surface area (Å²) in [5.41, 5.74) is 1.39. The summed E-state index contributed by atoms with van der Waals surface area (Å²) in [5.74, 6) is -0.161. The molecular weight excluding hydrogens is 402 g/mol. The van der Waals surface area contributed by atoms with Crippen molar-refractivity contribution >= 4 is 27.3 Å². The molecule has 8 heteroatoms. The van der Waals surface area contributed by atoms with Crippen LogP contribution in [0.15, 0.2) is 41.4 Å². The van der Waals surface area contributed by atoms with Gasteiger partial charge in [-0.3, -0.25) is 9.10 Å². The van der Waals surface area contributed by atoms with Crippen molar-refractivity contribution in [3.63, 3.8) is 0 Å². The fraction of sp³-hybridized carbons (Fsp3) is 0.455. The number of carbonyl (C=O) groups is 1. The van der Waals surface area contributed by atoms with Crippen molar-refractivity contribution in [2.24, 2.45) is 11.3 Å². The number of amides is 1. The van der Waals surface area contributed by atoms with Crippen LogP contribution in [0.2, 0.25) is 0 Å². The zero-order chi connectivity index (χ0) is 22.3. The maximum absolute atomic E-state index is 13.4. The van der Waals surface area contributed by atoms with Gasteiger partial charge < -0.3 is 10.1 Å². The van der Waals surface area contributed by atoms with Crippen LogP contribution in [0.3, 0.4) is 0 Å². The van der Waals surface area contributed by atoms with Crippen LogP contribution >= 0.6 is 0 Å². The van der Waals surface area contributed by atoms with Crippen LogP contribution < -0.4 is 14.4 Å². The van der Waals surface area contributed by atoms with Crippen molar-refractivity contribution < 1.29 is 17.9 Å². The lowest BCUT2D eigenvalue weighted by Gasteiger charge is -2.33. The number of hydrogen-bond donors (Lipinski definition) is 1. The van der Waals surface area contributed by atoms with E-state index in [1.165, 1.54) is 10.5 Å². The van der Waals surface area contributed by atoms with Crippen LogP contribution in [0.5, 0.6) is 5.88 Å². The van der Waals surface area contributed by atoms with E-state index in [1.807, 2.05) is 40.7 Å². The third-order valence-electron chi connectivity index (χ3n) is 5.37. The van der Waals surface area contributed by atoms with Crippen LogP contribution in [-0.4, -0.2) is 32.0 Å². The smallest absolute Gasteiger partial charge is 0.264 e. The molecule has 0 saturated carbocycles. The summed E-state index contributed by atoms with van der Waals surface area (Å²) >= 11 is 0. The molecule has 0 aliphatic carbocycles. The van der Waals surface area contributed by atoms with E-state index in [2.05, 4.69) is 10.3 Å². The van der Waals surface area contributed by atoms with Gasteiger partial charge in [0.1, 0.15) is 11.8 Å². The first-order chi connectivity index (χ1) is 13.9. The third kappa shape index (κ3) is 4.43. The van der Waals surface area contributed by atoms with Crippen molar-refractivity contribution in [2.45, 2.75) is 52.5 Å². The Morgan fingerprint density at radius 1 is 1.30 bits per heavy atom. The molecule has 0 saturated heterocycles. The van der Waals surface area contributed by atoms with Crippen LogP contribution in [0.4, 0.5) is 11.4 Å². The second-order valence-electron chi connectivity index (χ2n) is 8.91. The standard InChI is InChI=1S/C22H29N3O4S/c1-14-8-7-9-18(10-14)30(27,28)25-13-15(2)29-21-19(25)11-17(12-23-21)24-20(26)16(3)22(4,5)6/h7-12,15-16H,13H2,1-6H3,(H,24,26)/t15-,16?/m0/s1. The SMILES string of the molecule is Cc1cccc(S(=O)(=O)N2C[C@H](C)Oc3ncc(NC(=O)C(C)C(C)(C)C)cc32)c1. The molecule has 2 atom stereocenters. The maximum atomic E-state index is 13.4. The molecule has 1 amide bonds. The summed E-state index contributed by atoms with van der Waals surface area (Å²) < 4.78 is 33.8. The van der Waals surface area contributed by atoms with Gasteiger partial charge in [-0.2, -0.15) is 0 Å². The van der Waals surface area contributed by atoms with E-state index in [9.17, 15) is 13.2 Å². The van der Waals surface area contributed by atoms with Crippen LogP contribution in [-0.2, 0) is 14.8 Å². The highest BCUT2D eigenvalue weighted by atomic mass is 32.2. The second-order valence-corrected chi connectivity index (χ2v) is 10.8. The summed E-state index contributed by atoms with van der Waals surface area (Å²) in [6, 6.07) is 8.39. The van der Waals surface area contributed by atoms with Gasteiger partial charge in [-0.15, -0.1) is 0 Å². The Labute approximate surface area is 178 Å². The number of aryl methyl sites for hydroxylation is 1. The Bertz CT molecular complexity index is 1060. The molecule has 3 rings (SSSR count). The molecule has 1 unspecified atom stereocenters. The second kappa shape index (κ2) is 7.91. The molecule has 1 aliphatic rings. The van der Waals surface area contributed by atoms with Crippen LogP contribution in [0.25, 0.3) is 0 Å². The highest BCUT2D eigenvalue weighted by molar-refractivity contribution is 7.92. The molecule has 1 aromatic heterocycles. The number of carbonyl (C=O) groups excluding carboxylic acids is 1. The van der Waals surface area contributed by atoms with Crippen LogP contribution in [0, 0.1) is 18.3 Å². The van der Waals surface area contributed by atoms with Crippen LogP contribution in [0.1, 0.15) is 40.2 Å². The molecule has 162 valence electrons. The molecule has 0 bridgehead atoms. The van der Waals surface area contributed by atoms with Gasteiger partial charge in [0.25, 0.3) is 10.0 Å². The van der Waals surface area contributed by atoms with E-state index in [0.29, 0.717) is 11.4 Å². The number of hydrogen-bond acceptors (Lipinski definition) is 5. The maximum Gasteiger partial charge on any atom is 0.264 e. The number of nitrogens with one attached hydrogen (secondary N) is 1. The Morgan fingerprint density at radius 2 is 2.00 bits per heavy atom. The molecule has 1 N–H and O–H groups in total. The van der Waals surface area contributed by atoms with Crippen molar-refractivity contribution in [2.75, 3.05) is 16.2 Å². The van der Waals surface area contributed by atoms with E-state index < -0.39 is 10.0 Å². The van der Waals surface area contributed by atoms with E-state index in [-0.39, 0.29) is 40.7 Å².